The Morgan fingerprint density at radius 1 is 1.27 bits per heavy atom. The molecule has 8 heteroatoms. The molecule has 2 heterocycles. The van der Waals surface area contributed by atoms with Crippen LogP contribution in [-0.4, -0.2) is 46.1 Å². The number of anilines is 1. The Kier molecular flexibility index (Phi) is 3.59. The lowest BCUT2D eigenvalue weighted by atomic mass is 10.2. The zero-order valence-electron chi connectivity index (χ0n) is 11.5. The standard InChI is InChI=1S/C14H13F3N4O/c15-14(16,17)8-21-6-5-11(13(21)22)20-12-7-18-9-3-1-2-4-10(9)19-12/h1-4,7,11H,5-6,8H2,(H,19,20)/t11-/m0/s1. The SMILES string of the molecule is O=C1[C@@H](Nc2cnc3ccccc3n2)CCN1CC(F)(F)F. The molecule has 3 rings (SSSR count). The van der Waals surface area contributed by atoms with Gasteiger partial charge in [0.05, 0.1) is 17.2 Å². The van der Waals surface area contributed by atoms with E-state index in [1.807, 2.05) is 12.1 Å². The fourth-order valence-corrected chi connectivity index (χ4v) is 2.45. The van der Waals surface area contributed by atoms with Gasteiger partial charge in [0, 0.05) is 6.54 Å². The van der Waals surface area contributed by atoms with Crippen molar-refractivity contribution in [1.82, 2.24) is 14.9 Å². The zero-order chi connectivity index (χ0) is 15.7. The van der Waals surface area contributed by atoms with Crippen molar-refractivity contribution in [3.8, 4) is 0 Å². The fourth-order valence-electron chi connectivity index (χ4n) is 2.45. The molecule has 1 fully saturated rings. The van der Waals surface area contributed by atoms with Crippen molar-refractivity contribution in [1.29, 1.82) is 0 Å². The third-order valence-corrected chi connectivity index (χ3v) is 3.44. The van der Waals surface area contributed by atoms with Crippen LogP contribution in [0.25, 0.3) is 11.0 Å². The molecule has 1 N–H and O–H groups in total. The molecule has 0 saturated carbocycles. The summed E-state index contributed by atoms with van der Waals surface area (Å²) in [5.41, 5.74) is 1.37. The Morgan fingerprint density at radius 2 is 2.00 bits per heavy atom. The minimum Gasteiger partial charge on any atom is -0.357 e. The van der Waals surface area contributed by atoms with Crippen LogP contribution in [0.4, 0.5) is 19.0 Å². The topological polar surface area (TPSA) is 58.1 Å². The molecule has 2 aromatic rings. The lowest BCUT2D eigenvalue weighted by molar-refractivity contribution is -0.157. The molecule has 1 aliphatic heterocycles. The third-order valence-electron chi connectivity index (χ3n) is 3.44. The molecule has 1 amide bonds. The van der Waals surface area contributed by atoms with Gasteiger partial charge >= 0.3 is 6.18 Å². The number of fused-ring (bicyclic) bond motifs is 1. The molecule has 1 aromatic heterocycles. The van der Waals surface area contributed by atoms with Gasteiger partial charge in [-0.3, -0.25) is 9.78 Å². The van der Waals surface area contributed by atoms with Gasteiger partial charge in [0.2, 0.25) is 5.91 Å². The molecule has 0 spiro atoms. The molecule has 1 atom stereocenters. The highest BCUT2D eigenvalue weighted by molar-refractivity contribution is 5.87. The number of aromatic nitrogens is 2. The summed E-state index contributed by atoms with van der Waals surface area (Å²) in [5.74, 6) is -0.182. The number of para-hydroxylation sites is 2. The number of benzene rings is 1. The van der Waals surface area contributed by atoms with Crippen LogP contribution in [0.15, 0.2) is 30.5 Å². The molecule has 0 aliphatic carbocycles. The first kappa shape index (κ1) is 14.6. The van der Waals surface area contributed by atoms with Gasteiger partial charge in [0.1, 0.15) is 18.4 Å². The van der Waals surface area contributed by atoms with E-state index in [4.69, 9.17) is 0 Å². The molecule has 0 bridgehead atoms. The number of likely N-dealkylation sites (tertiary alicyclic amines) is 1. The van der Waals surface area contributed by atoms with Gasteiger partial charge in [-0.2, -0.15) is 13.2 Å². The van der Waals surface area contributed by atoms with E-state index in [1.165, 1.54) is 6.20 Å². The number of nitrogens with zero attached hydrogens (tertiary/aromatic N) is 3. The lowest BCUT2D eigenvalue weighted by Crippen LogP contribution is -2.39. The second kappa shape index (κ2) is 5.43. The van der Waals surface area contributed by atoms with Crippen LogP contribution in [0.2, 0.25) is 0 Å². The Balaban J connectivity index is 1.71. The van der Waals surface area contributed by atoms with E-state index in [-0.39, 0.29) is 6.54 Å². The number of hydrogen-bond acceptors (Lipinski definition) is 4. The Hall–Kier alpha value is -2.38. The Labute approximate surface area is 124 Å². The average molecular weight is 310 g/mol. The summed E-state index contributed by atoms with van der Waals surface area (Å²) in [4.78, 5) is 21.3. The van der Waals surface area contributed by atoms with Gasteiger partial charge in [0.15, 0.2) is 0 Å². The monoisotopic (exact) mass is 310 g/mol. The van der Waals surface area contributed by atoms with Crippen LogP contribution in [0.3, 0.4) is 0 Å². The highest BCUT2D eigenvalue weighted by Gasteiger charge is 2.39. The van der Waals surface area contributed by atoms with Crippen LogP contribution in [-0.2, 0) is 4.79 Å². The van der Waals surface area contributed by atoms with Crippen LogP contribution >= 0.6 is 0 Å². The van der Waals surface area contributed by atoms with E-state index >= 15 is 0 Å². The summed E-state index contributed by atoms with van der Waals surface area (Å²) in [5, 5.41) is 2.87. The predicted octanol–water partition coefficient (Wildman–Crippen LogP) is 2.20. The second-order valence-corrected chi connectivity index (χ2v) is 5.10. The van der Waals surface area contributed by atoms with Gasteiger partial charge in [0.25, 0.3) is 0 Å². The summed E-state index contributed by atoms with van der Waals surface area (Å²) < 4.78 is 37.1. The van der Waals surface area contributed by atoms with E-state index < -0.39 is 24.7 Å². The van der Waals surface area contributed by atoms with E-state index in [0.717, 1.165) is 4.90 Å². The summed E-state index contributed by atoms with van der Waals surface area (Å²) >= 11 is 0. The van der Waals surface area contributed by atoms with E-state index in [9.17, 15) is 18.0 Å². The highest BCUT2D eigenvalue weighted by atomic mass is 19.4. The molecular formula is C14H13F3N4O. The van der Waals surface area contributed by atoms with Crippen molar-refractivity contribution in [3.63, 3.8) is 0 Å². The number of carbonyl (C=O) groups excluding carboxylic acids is 1. The smallest absolute Gasteiger partial charge is 0.357 e. The van der Waals surface area contributed by atoms with Crippen molar-refractivity contribution < 1.29 is 18.0 Å². The normalized spacial score (nSPS) is 19.0. The first-order chi connectivity index (χ1) is 10.4. The number of nitrogens with one attached hydrogen (secondary N) is 1. The maximum atomic E-state index is 12.4. The molecule has 1 aromatic carbocycles. The van der Waals surface area contributed by atoms with Crippen LogP contribution in [0.5, 0.6) is 0 Å². The fraction of sp³-hybridized carbons (Fsp3) is 0.357. The molecule has 1 aliphatic rings. The van der Waals surface area contributed by atoms with E-state index in [0.29, 0.717) is 23.3 Å². The molecule has 22 heavy (non-hydrogen) atoms. The largest absolute Gasteiger partial charge is 0.406 e. The molecular weight excluding hydrogens is 297 g/mol. The van der Waals surface area contributed by atoms with Crippen LogP contribution < -0.4 is 5.32 Å². The molecule has 116 valence electrons. The minimum absolute atomic E-state index is 0.0804. The predicted molar refractivity (Wildman–Crippen MR) is 74.2 cm³/mol. The zero-order valence-corrected chi connectivity index (χ0v) is 11.5. The number of hydrogen-bond donors (Lipinski definition) is 1. The Morgan fingerprint density at radius 3 is 2.73 bits per heavy atom. The summed E-state index contributed by atoms with van der Waals surface area (Å²) in [7, 11) is 0. The van der Waals surface area contributed by atoms with Gasteiger partial charge in [-0.1, -0.05) is 12.1 Å². The highest BCUT2D eigenvalue weighted by Crippen LogP contribution is 2.22. The maximum Gasteiger partial charge on any atom is 0.406 e. The van der Waals surface area contributed by atoms with Crippen molar-refractivity contribution in [2.75, 3.05) is 18.4 Å². The first-order valence-electron chi connectivity index (χ1n) is 6.76. The molecule has 0 unspecified atom stereocenters. The van der Waals surface area contributed by atoms with Crippen molar-refractivity contribution in [2.24, 2.45) is 0 Å². The average Bonchev–Trinajstić information content (AvgIpc) is 2.78. The van der Waals surface area contributed by atoms with Crippen molar-refractivity contribution >= 4 is 22.8 Å². The first-order valence-corrected chi connectivity index (χ1v) is 6.76. The third kappa shape index (κ3) is 3.10. The summed E-state index contributed by atoms with van der Waals surface area (Å²) in [6.45, 7) is -1.13. The minimum atomic E-state index is -4.38. The number of carbonyl (C=O) groups is 1. The second-order valence-electron chi connectivity index (χ2n) is 5.10. The van der Waals surface area contributed by atoms with Crippen LogP contribution in [0, 0.1) is 0 Å². The lowest BCUT2D eigenvalue weighted by Gasteiger charge is -2.18. The van der Waals surface area contributed by atoms with Crippen LogP contribution in [0.1, 0.15) is 6.42 Å². The van der Waals surface area contributed by atoms with Gasteiger partial charge < -0.3 is 10.2 Å². The number of rotatable bonds is 3. The van der Waals surface area contributed by atoms with Gasteiger partial charge in [-0.05, 0) is 18.6 Å². The van der Waals surface area contributed by atoms with Crippen molar-refractivity contribution in [2.45, 2.75) is 18.6 Å². The maximum absolute atomic E-state index is 12.4. The number of alkyl halides is 3. The van der Waals surface area contributed by atoms with Gasteiger partial charge in [-0.15, -0.1) is 0 Å². The van der Waals surface area contributed by atoms with Crippen molar-refractivity contribution in [3.05, 3.63) is 30.5 Å². The molecule has 5 nitrogen and oxygen atoms in total. The number of halogens is 3. The molecule has 0 radical (unpaired) electrons. The summed E-state index contributed by atoms with van der Waals surface area (Å²) in [6.07, 6.45) is -2.60. The molecule has 1 saturated heterocycles. The number of amides is 1. The Bertz CT molecular complexity index is 704. The van der Waals surface area contributed by atoms with Gasteiger partial charge in [-0.25, -0.2) is 4.98 Å². The summed E-state index contributed by atoms with van der Waals surface area (Å²) in [6, 6.07) is 6.53. The quantitative estimate of drug-likeness (QED) is 0.944. The van der Waals surface area contributed by atoms with E-state index in [1.54, 1.807) is 12.1 Å². The van der Waals surface area contributed by atoms with E-state index in [2.05, 4.69) is 15.3 Å².